The molecule has 0 unspecified atom stereocenters. The van der Waals surface area contributed by atoms with Crippen molar-refractivity contribution in [3.05, 3.63) is 118 Å². The number of phenols is 2. The minimum Gasteiger partial charge on any atom is -0.507 e. The Morgan fingerprint density at radius 2 is 1.31 bits per heavy atom. The Morgan fingerprint density at radius 1 is 0.718 bits per heavy atom. The lowest BCUT2D eigenvalue weighted by atomic mass is 10.0. The molecular weight excluding hydrogens is 496 g/mol. The third kappa shape index (κ3) is 6.96. The fourth-order valence-corrected chi connectivity index (χ4v) is 4.20. The summed E-state index contributed by atoms with van der Waals surface area (Å²) in [5.41, 5.74) is 2.75. The summed E-state index contributed by atoms with van der Waals surface area (Å²) in [5.74, 6) is -1.66. The molecule has 0 aliphatic heterocycles. The van der Waals surface area contributed by atoms with Crippen molar-refractivity contribution >= 4 is 11.9 Å². The number of carbonyl (C=O) groups is 2. The van der Waals surface area contributed by atoms with Gasteiger partial charge in [-0.3, -0.25) is 0 Å². The van der Waals surface area contributed by atoms with Crippen LogP contribution in [-0.4, -0.2) is 22.2 Å². The van der Waals surface area contributed by atoms with Crippen molar-refractivity contribution in [2.75, 3.05) is 0 Å². The van der Waals surface area contributed by atoms with E-state index in [2.05, 4.69) is 0 Å². The molecule has 0 saturated heterocycles. The molecule has 0 aliphatic carbocycles. The molecule has 0 radical (unpaired) electrons. The molecule has 4 aromatic rings. The highest BCUT2D eigenvalue weighted by atomic mass is 16.5. The van der Waals surface area contributed by atoms with Gasteiger partial charge < -0.3 is 24.4 Å². The van der Waals surface area contributed by atoms with E-state index in [-0.39, 0.29) is 35.0 Å². The van der Waals surface area contributed by atoms with Crippen LogP contribution in [0.5, 0.6) is 23.0 Å². The fourth-order valence-electron chi connectivity index (χ4n) is 4.20. The number of ether oxygens (including phenoxy) is 3. The molecule has 0 aromatic heterocycles. The largest absolute Gasteiger partial charge is 0.507 e. The summed E-state index contributed by atoms with van der Waals surface area (Å²) in [6.45, 7) is 3.96. The highest BCUT2D eigenvalue weighted by Crippen LogP contribution is 2.33. The number of hydrogen-bond acceptors (Lipinski definition) is 7. The zero-order valence-electron chi connectivity index (χ0n) is 21.8. The molecule has 0 spiro atoms. The molecule has 200 valence electrons. The Bertz CT molecular complexity index is 1420. The first kappa shape index (κ1) is 27.3. The molecule has 0 heterocycles. The van der Waals surface area contributed by atoms with E-state index >= 15 is 0 Å². The van der Waals surface area contributed by atoms with E-state index in [9.17, 15) is 19.8 Å². The van der Waals surface area contributed by atoms with Crippen molar-refractivity contribution < 1.29 is 34.0 Å². The summed E-state index contributed by atoms with van der Waals surface area (Å²) in [5, 5.41) is 21.3. The van der Waals surface area contributed by atoms with Gasteiger partial charge in [0.25, 0.3) is 0 Å². The Balaban J connectivity index is 1.50. The normalized spacial score (nSPS) is 10.6. The van der Waals surface area contributed by atoms with Gasteiger partial charge >= 0.3 is 11.9 Å². The van der Waals surface area contributed by atoms with Gasteiger partial charge in [0.1, 0.15) is 47.3 Å². The Kier molecular flexibility index (Phi) is 8.84. The SMILES string of the molecule is CCCc1cc(OC(=O)c2c(C)cc(OCc3ccccc3)cc2O)cc(O)c1C(=O)OCc1ccccc1. The topological polar surface area (TPSA) is 102 Å². The van der Waals surface area contributed by atoms with Crippen LogP contribution >= 0.6 is 0 Å². The Morgan fingerprint density at radius 3 is 1.92 bits per heavy atom. The minimum atomic E-state index is -0.805. The number of phenolic OH excluding ortho intramolecular Hbond substituents is 2. The van der Waals surface area contributed by atoms with Crippen LogP contribution in [0.2, 0.25) is 0 Å². The van der Waals surface area contributed by atoms with Gasteiger partial charge in [0.2, 0.25) is 0 Å². The van der Waals surface area contributed by atoms with Crippen LogP contribution in [0.4, 0.5) is 0 Å². The zero-order chi connectivity index (χ0) is 27.8. The van der Waals surface area contributed by atoms with E-state index in [0.717, 1.165) is 11.1 Å². The molecule has 4 rings (SSSR count). The van der Waals surface area contributed by atoms with Gasteiger partial charge in [0.05, 0.1) is 0 Å². The lowest BCUT2D eigenvalue weighted by molar-refractivity contribution is 0.0468. The predicted octanol–water partition coefficient (Wildman–Crippen LogP) is 6.51. The molecule has 0 bridgehead atoms. The third-order valence-corrected chi connectivity index (χ3v) is 6.06. The molecule has 0 amide bonds. The predicted molar refractivity (Wildman–Crippen MR) is 146 cm³/mol. The number of hydrogen-bond donors (Lipinski definition) is 2. The van der Waals surface area contributed by atoms with Crippen molar-refractivity contribution in [3.8, 4) is 23.0 Å². The van der Waals surface area contributed by atoms with Gasteiger partial charge in [-0.15, -0.1) is 0 Å². The van der Waals surface area contributed by atoms with Gasteiger partial charge in [0.15, 0.2) is 0 Å². The Labute approximate surface area is 227 Å². The van der Waals surface area contributed by atoms with Gasteiger partial charge in [-0.1, -0.05) is 74.0 Å². The number of aromatic hydroxyl groups is 2. The van der Waals surface area contributed by atoms with E-state index in [1.165, 1.54) is 18.2 Å². The summed E-state index contributed by atoms with van der Waals surface area (Å²) in [4.78, 5) is 25.8. The van der Waals surface area contributed by atoms with Crippen LogP contribution in [0.1, 0.15) is 56.3 Å². The van der Waals surface area contributed by atoms with Gasteiger partial charge in [-0.05, 0) is 47.7 Å². The van der Waals surface area contributed by atoms with Crippen molar-refractivity contribution in [2.24, 2.45) is 0 Å². The molecule has 0 atom stereocenters. The summed E-state index contributed by atoms with van der Waals surface area (Å²) in [7, 11) is 0. The van der Waals surface area contributed by atoms with Crippen molar-refractivity contribution in [2.45, 2.75) is 39.9 Å². The van der Waals surface area contributed by atoms with Crippen LogP contribution in [0.15, 0.2) is 84.9 Å². The van der Waals surface area contributed by atoms with Crippen LogP contribution in [-0.2, 0) is 24.4 Å². The van der Waals surface area contributed by atoms with Crippen molar-refractivity contribution in [1.29, 1.82) is 0 Å². The van der Waals surface area contributed by atoms with Crippen molar-refractivity contribution in [1.82, 2.24) is 0 Å². The van der Waals surface area contributed by atoms with Crippen LogP contribution < -0.4 is 9.47 Å². The quantitative estimate of drug-likeness (QED) is 0.179. The number of rotatable bonds is 10. The summed E-state index contributed by atoms with van der Waals surface area (Å²) in [6, 6.07) is 24.5. The second-order valence-corrected chi connectivity index (χ2v) is 9.09. The van der Waals surface area contributed by atoms with E-state index < -0.39 is 11.9 Å². The van der Waals surface area contributed by atoms with Crippen LogP contribution in [0.25, 0.3) is 0 Å². The molecule has 7 nitrogen and oxygen atoms in total. The van der Waals surface area contributed by atoms with Gasteiger partial charge in [0, 0.05) is 12.1 Å². The molecule has 39 heavy (non-hydrogen) atoms. The number of aryl methyl sites for hydroxylation is 2. The highest BCUT2D eigenvalue weighted by Gasteiger charge is 2.23. The number of esters is 2. The first-order valence-electron chi connectivity index (χ1n) is 12.6. The third-order valence-electron chi connectivity index (χ3n) is 6.06. The molecule has 4 aromatic carbocycles. The molecule has 0 saturated carbocycles. The van der Waals surface area contributed by atoms with E-state index in [1.807, 2.05) is 67.6 Å². The standard InChI is InChI=1S/C32H30O7/c1-3-10-24-16-26(18-28(34)30(24)31(35)38-20-23-13-8-5-9-14-23)39-32(36)29-21(2)15-25(17-27(29)33)37-19-22-11-6-4-7-12-22/h4-9,11-18,33-34H,3,10,19-20H2,1-2H3. The van der Waals surface area contributed by atoms with E-state index in [1.54, 1.807) is 13.0 Å². The average Bonchev–Trinajstić information content (AvgIpc) is 2.91. The van der Waals surface area contributed by atoms with Gasteiger partial charge in [-0.2, -0.15) is 0 Å². The second kappa shape index (κ2) is 12.6. The first-order valence-corrected chi connectivity index (χ1v) is 12.6. The summed E-state index contributed by atoms with van der Waals surface area (Å²) < 4.78 is 16.7. The van der Waals surface area contributed by atoms with E-state index in [4.69, 9.17) is 14.2 Å². The molecule has 7 heteroatoms. The van der Waals surface area contributed by atoms with Crippen LogP contribution in [0.3, 0.4) is 0 Å². The zero-order valence-corrected chi connectivity index (χ0v) is 21.8. The number of benzene rings is 4. The van der Waals surface area contributed by atoms with Crippen molar-refractivity contribution in [3.63, 3.8) is 0 Å². The highest BCUT2D eigenvalue weighted by molar-refractivity contribution is 5.97. The summed E-state index contributed by atoms with van der Waals surface area (Å²) >= 11 is 0. The fraction of sp³-hybridized carbons (Fsp3) is 0.188. The van der Waals surface area contributed by atoms with E-state index in [0.29, 0.717) is 36.3 Å². The smallest absolute Gasteiger partial charge is 0.347 e. The Hall–Kier alpha value is -4.78. The monoisotopic (exact) mass is 526 g/mol. The molecule has 2 N–H and O–H groups in total. The first-order chi connectivity index (χ1) is 18.9. The maximum Gasteiger partial charge on any atom is 0.347 e. The average molecular weight is 527 g/mol. The summed E-state index contributed by atoms with van der Waals surface area (Å²) in [6.07, 6.45) is 1.13. The number of carbonyl (C=O) groups excluding carboxylic acids is 2. The van der Waals surface area contributed by atoms with Crippen LogP contribution in [0, 0.1) is 6.92 Å². The van der Waals surface area contributed by atoms with Gasteiger partial charge in [-0.25, -0.2) is 9.59 Å². The maximum atomic E-state index is 13.0. The lowest BCUT2D eigenvalue weighted by Gasteiger charge is -2.15. The minimum absolute atomic E-state index is 0.0232. The second-order valence-electron chi connectivity index (χ2n) is 9.09. The maximum absolute atomic E-state index is 13.0. The molecule has 0 fully saturated rings. The molecular formula is C32H30O7. The molecule has 0 aliphatic rings. The lowest BCUT2D eigenvalue weighted by Crippen LogP contribution is -2.13.